The second-order valence-electron chi connectivity index (χ2n) is 5.39. The van der Waals surface area contributed by atoms with Crippen molar-refractivity contribution >= 4 is 21.7 Å². The molecule has 0 spiro atoms. The van der Waals surface area contributed by atoms with Crippen LogP contribution in [0.2, 0.25) is 0 Å². The second kappa shape index (κ2) is 6.87. The van der Waals surface area contributed by atoms with Crippen LogP contribution in [0.5, 0.6) is 0 Å². The minimum atomic E-state index is 0.748. The molecule has 0 N–H and O–H groups in total. The third-order valence-electron chi connectivity index (χ3n) is 3.48. The Labute approximate surface area is 144 Å². The smallest absolute Gasteiger partial charge is 0.132 e. The van der Waals surface area contributed by atoms with Gasteiger partial charge in [-0.3, -0.25) is 4.98 Å². The highest BCUT2D eigenvalue weighted by Crippen LogP contribution is 2.23. The van der Waals surface area contributed by atoms with E-state index < -0.39 is 0 Å². The fourth-order valence-corrected chi connectivity index (χ4v) is 2.75. The first-order valence-corrected chi connectivity index (χ1v) is 8.13. The third-order valence-corrected chi connectivity index (χ3v) is 3.91. The Bertz CT molecular complexity index is 805. The molecule has 0 aliphatic rings. The Balaban J connectivity index is 1.91. The van der Waals surface area contributed by atoms with Gasteiger partial charge < -0.3 is 4.90 Å². The van der Waals surface area contributed by atoms with Crippen LogP contribution in [0.3, 0.4) is 0 Å². The minimum absolute atomic E-state index is 0.748. The van der Waals surface area contributed by atoms with Gasteiger partial charge in [0.05, 0.1) is 5.69 Å². The van der Waals surface area contributed by atoms with Gasteiger partial charge in [0.1, 0.15) is 11.6 Å². The summed E-state index contributed by atoms with van der Waals surface area (Å²) in [5.74, 6) is 1.65. The Hall–Kier alpha value is -2.27. The lowest BCUT2D eigenvalue weighted by Crippen LogP contribution is -2.18. The number of hydrogen-bond acceptors (Lipinski definition) is 4. The van der Waals surface area contributed by atoms with Crippen LogP contribution in [0, 0.1) is 6.92 Å². The fraction of sp³-hybridized carbons (Fsp3) is 0.167. The summed E-state index contributed by atoms with van der Waals surface area (Å²) in [5, 5.41) is 0. The molecule has 0 saturated carbocycles. The number of rotatable bonds is 4. The summed E-state index contributed by atoms with van der Waals surface area (Å²) < 4.78 is 0.936. The lowest BCUT2D eigenvalue weighted by Gasteiger charge is -2.19. The summed E-state index contributed by atoms with van der Waals surface area (Å²) in [6.07, 6.45) is 3.58. The van der Waals surface area contributed by atoms with Gasteiger partial charge in [-0.2, -0.15) is 0 Å². The number of aryl methyl sites for hydroxylation is 1. The van der Waals surface area contributed by atoms with Crippen LogP contribution in [-0.2, 0) is 6.54 Å². The highest BCUT2D eigenvalue weighted by molar-refractivity contribution is 9.10. The van der Waals surface area contributed by atoms with E-state index in [-0.39, 0.29) is 0 Å². The van der Waals surface area contributed by atoms with Gasteiger partial charge in [0.2, 0.25) is 0 Å². The first kappa shape index (κ1) is 15.6. The predicted molar refractivity (Wildman–Crippen MR) is 96.2 cm³/mol. The lowest BCUT2D eigenvalue weighted by atomic mass is 10.2. The van der Waals surface area contributed by atoms with Crippen molar-refractivity contribution in [2.45, 2.75) is 13.5 Å². The van der Waals surface area contributed by atoms with Crippen molar-refractivity contribution in [3.05, 3.63) is 70.7 Å². The Morgan fingerprint density at radius 3 is 2.57 bits per heavy atom. The molecular formula is C18H17BrN4. The van der Waals surface area contributed by atoms with Crippen LogP contribution in [0.25, 0.3) is 11.3 Å². The van der Waals surface area contributed by atoms with E-state index in [1.54, 1.807) is 6.20 Å². The van der Waals surface area contributed by atoms with Gasteiger partial charge in [-0.15, -0.1) is 0 Å². The summed E-state index contributed by atoms with van der Waals surface area (Å²) in [6, 6.07) is 14.4. The normalized spacial score (nSPS) is 10.6. The Morgan fingerprint density at radius 2 is 1.83 bits per heavy atom. The monoisotopic (exact) mass is 368 g/mol. The number of halogens is 1. The summed E-state index contributed by atoms with van der Waals surface area (Å²) in [7, 11) is 2.04. The molecule has 5 heteroatoms. The maximum atomic E-state index is 4.56. The number of pyridine rings is 1. The molecule has 2 aromatic heterocycles. The van der Waals surface area contributed by atoms with E-state index in [4.69, 9.17) is 0 Å². The molecule has 1 aromatic carbocycles. The Morgan fingerprint density at radius 1 is 1.04 bits per heavy atom. The fourth-order valence-electron chi connectivity index (χ4n) is 2.39. The average Bonchev–Trinajstić information content (AvgIpc) is 2.55. The van der Waals surface area contributed by atoms with Crippen LogP contribution in [0.4, 0.5) is 5.82 Å². The zero-order chi connectivity index (χ0) is 16.2. The highest BCUT2D eigenvalue weighted by Gasteiger charge is 2.09. The molecule has 0 fully saturated rings. The molecule has 2 heterocycles. The zero-order valence-electron chi connectivity index (χ0n) is 13.1. The molecule has 3 aromatic rings. The maximum Gasteiger partial charge on any atom is 0.132 e. The van der Waals surface area contributed by atoms with E-state index in [1.807, 2.05) is 50.5 Å². The van der Waals surface area contributed by atoms with E-state index in [2.05, 4.69) is 47.9 Å². The molecule has 0 atom stereocenters. The summed E-state index contributed by atoms with van der Waals surface area (Å²) in [4.78, 5) is 15.4. The Kier molecular flexibility index (Phi) is 4.67. The van der Waals surface area contributed by atoms with E-state index in [0.29, 0.717) is 0 Å². The van der Waals surface area contributed by atoms with E-state index in [1.165, 1.54) is 5.56 Å². The number of hydrogen-bond donors (Lipinski definition) is 0. The number of aromatic nitrogens is 3. The molecule has 23 heavy (non-hydrogen) atoms. The molecule has 0 aliphatic carbocycles. The predicted octanol–water partition coefficient (Wildman–Crippen LogP) is 4.25. The summed E-state index contributed by atoms with van der Waals surface area (Å²) in [5.41, 5.74) is 3.09. The number of benzene rings is 1. The highest BCUT2D eigenvalue weighted by atomic mass is 79.9. The standard InChI is InChI=1S/C18H17BrN4/c1-13-21-17(15-8-16(19)11-20-10-15)9-18(22-13)23(2)12-14-6-4-3-5-7-14/h3-11H,12H2,1-2H3. The molecular weight excluding hydrogens is 352 g/mol. The molecule has 0 aliphatic heterocycles. The van der Waals surface area contributed by atoms with E-state index >= 15 is 0 Å². The van der Waals surface area contributed by atoms with Crippen LogP contribution in [0.1, 0.15) is 11.4 Å². The van der Waals surface area contributed by atoms with E-state index in [9.17, 15) is 0 Å². The van der Waals surface area contributed by atoms with E-state index in [0.717, 1.165) is 33.9 Å². The van der Waals surface area contributed by atoms with Crippen LogP contribution >= 0.6 is 15.9 Å². The lowest BCUT2D eigenvalue weighted by molar-refractivity contribution is 0.880. The van der Waals surface area contributed by atoms with Crippen LogP contribution < -0.4 is 4.90 Å². The third kappa shape index (κ3) is 3.93. The van der Waals surface area contributed by atoms with Crippen molar-refractivity contribution in [3.63, 3.8) is 0 Å². The molecule has 0 radical (unpaired) electrons. The molecule has 3 rings (SSSR count). The number of nitrogens with zero attached hydrogens (tertiary/aromatic N) is 4. The van der Waals surface area contributed by atoms with Gasteiger partial charge in [-0.25, -0.2) is 9.97 Å². The van der Waals surface area contributed by atoms with Gasteiger partial charge in [0.15, 0.2) is 0 Å². The summed E-state index contributed by atoms with van der Waals surface area (Å²) in [6.45, 7) is 2.71. The van der Waals surface area contributed by atoms with Crippen molar-refractivity contribution in [3.8, 4) is 11.3 Å². The van der Waals surface area contributed by atoms with Crippen molar-refractivity contribution < 1.29 is 0 Å². The maximum absolute atomic E-state index is 4.56. The second-order valence-corrected chi connectivity index (χ2v) is 6.31. The van der Waals surface area contributed by atoms with Crippen LogP contribution in [-0.4, -0.2) is 22.0 Å². The average molecular weight is 369 g/mol. The van der Waals surface area contributed by atoms with Crippen molar-refractivity contribution in [1.82, 2.24) is 15.0 Å². The van der Waals surface area contributed by atoms with Gasteiger partial charge in [-0.1, -0.05) is 30.3 Å². The number of anilines is 1. The quantitative estimate of drug-likeness (QED) is 0.690. The van der Waals surface area contributed by atoms with Crippen molar-refractivity contribution in [2.24, 2.45) is 0 Å². The molecule has 0 saturated heterocycles. The molecule has 116 valence electrons. The molecule has 0 amide bonds. The first-order chi connectivity index (χ1) is 11.1. The molecule has 4 nitrogen and oxygen atoms in total. The first-order valence-electron chi connectivity index (χ1n) is 7.33. The molecule has 0 bridgehead atoms. The van der Waals surface area contributed by atoms with Gasteiger partial charge in [-0.05, 0) is 34.5 Å². The van der Waals surface area contributed by atoms with Gasteiger partial charge in [0.25, 0.3) is 0 Å². The van der Waals surface area contributed by atoms with Crippen molar-refractivity contribution in [1.29, 1.82) is 0 Å². The SMILES string of the molecule is Cc1nc(-c2cncc(Br)c2)cc(N(C)Cc2ccccc2)n1. The zero-order valence-corrected chi connectivity index (χ0v) is 14.7. The van der Waals surface area contributed by atoms with Gasteiger partial charge in [0, 0.05) is 42.1 Å². The summed E-state index contributed by atoms with van der Waals surface area (Å²) >= 11 is 3.45. The van der Waals surface area contributed by atoms with Crippen LogP contribution in [0.15, 0.2) is 59.3 Å². The van der Waals surface area contributed by atoms with Gasteiger partial charge >= 0.3 is 0 Å². The largest absolute Gasteiger partial charge is 0.355 e. The topological polar surface area (TPSA) is 41.9 Å². The van der Waals surface area contributed by atoms with Crippen molar-refractivity contribution in [2.75, 3.05) is 11.9 Å². The molecule has 0 unspecified atom stereocenters. The minimum Gasteiger partial charge on any atom is -0.355 e.